The van der Waals surface area contributed by atoms with Crippen LogP contribution in [0.25, 0.3) is 0 Å². The Hall–Kier alpha value is -1.22. The summed E-state index contributed by atoms with van der Waals surface area (Å²) in [5.74, 6) is 0.945. The van der Waals surface area contributed by atoms with E-state index < -0.39 is 0 Å². The summed E-state index contributed by atoms with van der Waals surface area (Å²) in [5.41, 5.74) is 1.01. The highest BCUT2D eigenvalue weighted by Crippen LogP contribution is 2.29. The van der Waals surface area contributed by atoms with E-state index >= 15 is 0 Å². The summed E-state index contributed by atoms with van der Waals surface area (Å²) in [6.07, 6.45) is 5.32. The number of phenols is 1. The fraction of sp³-hybridized carbons (Fsp3) is 0.600. The van der Waals surface area contributed by atoms with Gasteiger partial charge in [0, 0.05) is 0 Å². The summed E-state index contributed by atoms with van der Waals surface area (Å²) in [6.45, 7) is 5.88. The van der Waals surface area contributed by atoms with Crippen molar-refractivity contribution < 1.29 is 14.7 Å². The third-order valence-electron chi connectivity index (χ3n) is 3.63. The van der Waals surface area contributed by atoms with Crippen molar-refractivity contribution in [2.75, 3.05) is 19.7 Å². The number of quaternary nitrogens is 1. The van der Waals surface area contributed by atoms with Crippen LogP contribution in [0, 0.1) is 0 Å². The van der Waals surface area contributed by atoms with Crippen LogP contribution in [0.4, 0.5) is 0 Å². The maximum atomic E-state index is 10.2. The van der Waals surface area contributed by atoms with Crippen molar-refractivity contribution in [3.05, 3.63) is 23.8 Å². The van der Waals surface area contributed by atoms with E-state index in [-0.39, 0.29) is 0 Å². The quantitative estimate of drug-likeness (QED) is 0.853. The van der Waals surface area contributed by atoms with Gasteiger partial charge < -0.3 is 14.7 Å². The molecule has 18 heavy (non-hydrogen) atoms. The largest absolute Gasteiger partial charge is 0.504 e. The van der Waals surface area contributed by atoms with E-state index in [1.54, 1.807) is 4.90 Å². The summed E-state index contributed by atoms with van der Waals surface area (Å²) >= 11 is 0. The normalized spacial score (nSPS) is 17.4. The van der Waals surface area contributed by atoms with E-state index in [1.807, 2.05) is 25.1 Å². The number of nitrogens with one attached hydrogen (secondary N) is 1. The summed E-state index contributed by atoms with van der Waals surface area (Å²) in [5, 5.41) is 10.2. The van der Waals surface area contributed by atoms with Crippen LogP contribution < -0.4 is 9.64 Å². The molecule has 1 aromatic rings. The summed E-state index contributed by atoms with van der Waals surface area (Å²) in [7, 11) is 0. The molecule has 1 aliphatic rings. The lowest BCUT2D eigenvalue weighted by molar-refractivity contribution is -0.913. The SMILES string of the molecule is CCOc1cccc(C[NH+]2CCCCCC2)c1O. The van der Waals surface area contributed by atoms with Crippen molar-refractivity contribution in [1.82, 2.24) is 0 Å². The highest BCUT2D eigenvalue weighted by Gasteiger charge is 2.16. The van der Waals surface area contributed by atoms with Crippen LogP contribution in [-0.4, -0.2) is 24.8 Å². The minimum Gasteiger partial charge on any atom is -0.504 e. The van der Waals surface area contributed by atoms with Gasteiger partial charge in [0.15, 0.2) is 11.5 Å². The number of ether oxygens (including phenoxy) is 1. The zero-order chi connectivity index (χ0) is 12.8. The first-order valence-electron chi connectivity index (χ1n) is 7.08. The maximum Gasteiger partial charge on any atom is 0.166 e. The van der Waals surface area contributed by atoms with E-state index in [0.717, 1.165) is 12.1 Å². The first kappa shape index (κ1) is 13.2. The Labute approximate surface area is 109 Å². The lowest BCUT2D eigenvalue weighted by atomic mass is 10.1. The summed E-state index contributed by atoms with van der Waals surface area (Å²) < 4.78 is 5.43. The zero-order valence-electron chi connectivity index (χ0n) is 11.2. The predicted molar refractivity (Wildman–Crippen MR) is 72.1 cm³/mol. The molecule has 100 valence electrons. The molecule has 3 heteroatoms. The Morgan fingerprint density at radius 3 is 2.56 bits per heavy atom. The number of aromatic hydroxyl groups is 1. The minimum absolute atomic E-state index is 0.330. The minimum atomic E-state index is 0.330. The van der Waals surface area contributed by atoms with E-state index in [4.69, 9.17) is 4.74 Å². The Balaban J connectivity index is 2.05. The highest BCUT2D eigenvalue weighted by atomic mass is 16.5. The van der Waals surface area contributed by atoms with Crippen molar-refractivity contribution >= 4 is 0 Å². The Morgan fingerprint density at radius 2 is 1.89 bits per heavy atom. The average Bonchev–Trinajstić information content (AvgIpc) is 2.63. The Bertz CT molecular complexity index is 371. The molecule has 0 aliphatic carbocycles. The second kappa shape index (κ2) is 6.64. The van der Waals surface area contributed by atoms with Gasteiger partial charge in [-0.3, -0.25) is 0 Å². The number of benzene rings is 1. The van der Waals surface area contributed by atoms with Gasteiger partial charge in [-0.2, -0.15) is 0 Å². The molecular formula is C15H24NO2+. The molecule has 2 rings (SSSR count). The fourth-order valence-electron chi connectivity index (χ4n) is 2.66. The fourth-order valence-corrected chi connectivity index (χ4v) is 2.66. The lowest BCUT2D eigenvalue weighted by Crippen LogP contribution is -3.10. The zero-order valence-corrected chi connectivity index (χ0v) is 11.2. The molecule has 1 heterocycles. The van der Waals surface area contributed by atoms with Crippen molar-refractivity contribution in [2.24, 2.45) is 0 Å². The Morgan fingerprint density at radius 1 is 1.17 bits per heavy atom. The van der Waals surface area contributed by atoms with E-state index in [2.05, 4.69) is 0 Å². The van der Waals surface area contributed by atoms with Crippen LogP contribution in [0.1, 0.15) is 38.2 Å². The van der Waals surface area contributed by atoms with E-state index in [0.29, 0.717) is 18.1 Å². The van der Waals surface area contributed by atoms with Gasteiger partial charge in [-0.1, -0.05) is 6.07 Å². The molecule has 0 radical (unpaired) electrons. The summed E-state index contributed by atoms with van der Waals surface area (Å²) in [6, 6.07) is 5.81. The lowest BCUT2D eigenvalue weighted by Gasteiger charge is -2.18. The van der Waals surface area contributed by atoms with Gasteiger partial charge in [-0.05, 0) is 44.7 Å². The standard InChI is InChI=1S/C15H23NO2/c1-2-18-14-9-7-8-13(15(14)17)12-16-10-5-3-4-6-11-16/h7-9,17H,2-6,10-12H2,1H3/p+1. The third-order valence-corrected chi connectivity index (χ3v) is 3.63. The average molecular weight is 250 g/mol. The smallest absolute Gasteiger partial charge is 0.166 e. The maximum absolute atomic E-state index is 10.2. The number of para-hydroxylation sites is 1. The number of hydrogen-bond donors (Lipinski definition) is 2. The second-order valence-corrected chi connectivity index (χ2v) is 5.04. The van der Waals surface area contributed by atoms with Crippen LogP contribution in [0.5, 0.6) is 11.5 Å². The number of phenolic OH excluding ortho intramolecular Hbond substituents is 1. The van der Waals surface area contributed by atoms with Gasteiger partial charge in [0.1, 0.15) is 6.54 Å². The predicted octanol–water partition coefficient (Wildman–Crippen LogP) is 1.75. The second-order valence-electron chi connectivity index (χ2n) is 5.04. The molecule has 3 nitrogen and oxygen atoms in total. The molecule has 0 spiro atoms. The molecule has 0 amide bonds. The van der Waals surface area contributed by atoms with Gasteiger partial charge in [-0.15, -0.1) is 0 Å². The van der Waals surface area contributed by atoms with Crippen molar-refractivity contribution in [3.63, 3.8) is 0 Å². The highest BCUT2D eigenvalue weighted by molar-refractivity contribution is 5.44. The third kappa shape index (κ3) is 3.39. The van der Waals surface area contributed by atoms with Gasteiger partial charge in [0.25, 0.3) is 0 Å². The molecule has 1 aliphatic heterocycles. The van der Waals surface area contributed by atoms with Crippen molar-refractivity contribution in [2.45, 2.75) is 39.2 Å². The van der Waals surface area contributed by atoms with Crippen LogP contribution in [0.3, 0.4) is 0 Å². The first-order valence-corrected chi connectivity index (χ1v) is 7.08. The van der Waals surface area contributed by atoms with E-state index in [9.17, 15) is 5.11 Å². The number of likely N-dealkylation sites (tertiary alicyclic amines) is 1. The molecule has 0 saturated carbocycles. The molecular weight excluding hydrogens is 226 g/mol. The van der Waals surface area contributed by atoms with Crippen LogP contribution in [0.2, 0.25) is 0 Å². The molecule has 0 atom stereocenters. The molecule has 0 aromatic heterocycles. The summed E-state index contributed by atoms with van der Waals surface area (Å²) in [4.78, 5) is 1.58. The molecule has 1 fully saturated rings. The molecule has 2 N–H and O–H groups in total. The monoisotopic (exact) mass is 250 g/mol. The molecule has 0 unspecified atom stereocenters. The van der Waals surface area contributed by atoms with Gasteiger partial charge in [0.05, 0.1) is 25.3 Å². The molecule has 0 bridgehead atoms. The van der Waals surface area contributed by atoms with Gasteiger partial charge in [0.2, 0.25) is 0 Å². The van der Waals surface area contributed by atoms with Gasteiger partial charge in [-0.25, -0.2) is 0 Å². The van der Waals surface area contributed by atoms with Crippen LogP contribution in [-0.2, 0) is 6.54 Å². The van der Waals surface area contributed by atoms with Crippen LogP contribution >= 0.6 is 0 Å². The number of rotatable bonds is 4. The molecule has 1 saturated heterocycles. The number of hydrogen-bond acceptors (Lipinski definition) is 2. The molecule has 1 aromatic carbocycles. The van der Waals surface area contributed by atoms with Crippen molar-refractivity contribution in [1.29, 1.82) is 0 Å². The van der Waals surface area contributed by atoms with Crippen molar-refractivity contribution in [3.8, 4) is 11.5 Å². The first-order chi connectivity index (χ1) is 8.81. The topological polar surface area (TPSA) is 33.9 Å². The van der Waals surface area contributed by atoms with Gasteiger partial charge >= 0.3 is 0 Å². The Kier molecular flexibility index (Phi) is 4.88. The van der Waals surface area contributed by atoms with Crippen LogP contribution in [0.15, 0.2) is 18.2 Å². The van der Waals surface area contributed by atoms with E-state index in [1.165, 1.54) is 38.8 Å².